The summed E-state index contributed by atoms with van der Waals surface area (Å²) in [7, 11) is 0. The van der Waals surface area contributed by atoms with Crippen LogP contribution in [0.1, 0.15) is 46.6 Å². The van der Waals surface area contributed by atoms with Gasteiger partial charge in [-0.2, -0.15) is 0 Å². The summed E-state index contributed by atoms with van der Waals surface area (Å²) in [5.74, 6) is 0.259. The van der Waals surface area contributed by atoms with Gasteiger partial charge in [0.1, 0.15) is 0 Å². The quantitative estimate of drug-likeness (QED) is 0.716. The van der Waals surface area contributed by atoms with Gasteiger partial charge in [-0.3, -0.25) is 4.79 Å². The van der Waals surface area contributed by atoms with Crippen LogP contribution < -0.4 is 0 Å². The number of carbonyl (C=O) groups excluding carboxylic acids is 1. The molecule has 1 atom stereocenters. The Kier molecular flexibility index (Phi) is 6.25. The van der Waals surface area contributed by atoms with E-state index in [2.05, 4.69) is 46.8 Å². The molecule has 0 amide bonds. The Morgan fingerprint density at radius 3 is 2.25 bits per heavy atom. The molecule has 0 bridgehead atoms. The summed E-state index contributed by atoms with van der Waals surface area (Å²) in [5.41, 5.74) is 1.35. The molecule has 1 unspecified atom stereocenters. The van der Waals surface area contributed by atoms with E-state index in [9.17, 15) is 4.79 Å². The lowest BCUT2D eigenvalue weighted by Gasteiger charge is -2.27. The van der Waals surface area contributed by atoms with Gasteiger partial charge in [0.25, 0.3) is 0 Å². The van der Waals surface area contributed by atoms with Crippen molar-refractivity contribution in [2.75, 3.05) is 6.61 Å². The molecule has 0 aliphatic carbocycles. The standard InChI is InChI=1S/C18H28O2/c1-14(2)16(13-18(3,4)5)17(19)20-12-11-15-9-7-6-8-10-15/h6-10,14,16H,11-13H2,1-5H3. The van der Waals surface area contributed by atoms with E-state index >= 15 is 0 Å². The number of hydrogen-bond acceptors (Lipinski definition) is 2. The zero-order valence-electron chi connectivity index (χ0n) is 13.5. The van der Waals surface area contributed by atoms with Gasteiger partial charge in [0, 0.05) is 6.42 Å². The SMILES string of the molecule is CC(C)C(CC(C)(C)C)C(=O)OCCc1ccccc1. The summed E-state index contributed by atoms with van der Waals surface area (Å²) in [4.78, 5) is 12.2. The molecule has 0 aliphatic heterocycles. The van der Waals surface area contributed by atoms with Crippen molar-refractivity contribution in [1.82, 2.24) is 0 Å². The number of rotatable bonds is 6. The van der Waals surface area contributed by atoms with Crippen LogP contribution in [0.25, 0.3) is 0 Å². The Morgan fingerprint density at radius 2 is 1.75 bits per heavy atom. The van der Waals surface area contributed by atoms with E-state index < -0.39 is 0 Å². The van der Waals surface area contributed by atoms with Crippen molar-refractivity contribution in [1.29, 1.82) is 0 Å². The first-order valence-corrected chi connectivity index (χ1v) is 7.50. The van der Waals surface area contributed by atoms with Gasteiger partial charge >= 0.3 is 5.97 Å². The molecule has 112 valence electrons. The second-order valence-electron chi connectivity index (χ2n) is 7.02. The highest BCUT2D eigenvalue weighted by Gasteiger charge is 2.28. The highest BCUT2D eigenvalue weighted by Crippen LogP contribution is 2.29. The smallest absolute Gasteiger partial charge is 0.309 e. The Balaban J connectivity index is 2.46. The largest absolute Gasteiger partial charge is 0.465 e. The maximum absolute atomic E-state index is 12.2. The normalized spacial score (nSPS) is 13.3. The van der Waals surface area contributed by atoms with Crippen LogP contribution in [0.4, 0.5) is 0 Å². The minimum absolute atomic E-state index is 0.00854. The van der Waals surface area contributed by atoms with Crippen LogP contribution in [0.2, 0.25) is 0 Å². The summed E-state index contributed by atoms with van der Waals surface area (Å²) < 4.78 is 5.48. The predicted molar refractivity (Wildman–Crippen MR) is 83.5 cm³/mol. The predicted octanol–water partition coefficient (Wildman–Crippen LogP) is 4.48. The third kappa shape index (κ3) is 6.23. The molecule has 1 aromatic rings. The molecule has 0 N–H and O–H groups in total. The van der Waals surface area contributed by atoms with Gasteiger partial charge in [-0.05, 0) is 23.3 Å². The molecule has 2 heteroatoms. The number of hydrogen-bond donors (Lipinski definition) is 0. The van der Waals surface area contributed by atoms with Crippen LogP contribution in [0, 0.1) is 17.3 Å². The van der Waals surface area contributed by atoms with Crippen molar-refractivity contribution in [3.05, 3.63) is 35.9 Å². The van der Waals surface area contributed by atoms with Gasteiger partial charge < -0.3 is 4.74 Å². The van der Waals surface area contributed by atoms with Crippen molar-refractivity contribution in [2.24, 2.45) is 17.3 Å². The first-order chi connectivity index (χ1) is 9.29. The molecule has 2 nitrogen and oxygen atoms in total. The lowest BCUT2D eigenvalue weighted by Crippen LogP contribution is -2.28. The minimum atomic E-state index is -0.0501. The van der Waals surface area contributed by atoms with E-state index in [4.69, 9.17) is 4.74 Å². The van der Waals surface area contributed by atoms with Crippen LogP contribution in [0.3, 0.4) is 0 Å². The average Bonchev–Trinajstić information content (AvgIpc) is 2.36. The molecule has 0 aliphatic rings. The molecule has 0 aromatic heterocycles. The highest BCUT2D eigenvalue weighted by atomic mass is 16.5. The lowest BCUT2D eigenvalue weighted by atomic mass is 9.80. The van der Waals surface area contributed by atoms with Crippen LogP contribution in [-0.2, 0) is 16.0 Å². The van der Waals surface area contributed by atoms with Gasteiger partial charge in [-0.25, -0.2) is 0 Å². The maximum Gasteiger partial charge on any atom is 0.309 e. The maximum atomic E-state index is 12.2. The van der Waals surface area contributed by atoms with Gasteiger partial charge in [0.05, 0.1) is 12.5 Å². The Bertz CT molecular complexity index is 401. The second kappa shape index (κ2) is 7.47. The van der Waals surface area contributed by atoms with Gasteiger partial charge in [0.15, 0.2) is 0 Å². The van der Waals surface area contributed by atoms with Crippen LogP contribution in [0.15, 0.2) is 30.3 Å². The molecular weight excluding hydrogens is 248 g/mol. The van der Waals surface area contributed by atoms with Gasteiger partial charge in [-0.15, -0.1) is 0 Å². The van der Waals surface area contributed by atoms with Crippen molar-refractivity contribution in [2.45, 2.75) is 47.5 Å². The fraction of sp³-hybridized carbons (Fsp3) is 0.611. The molecule has 0 radical (unpaired) electrons. The number of esters is 1. The molecular formula is C18H28O2. The fourth-order valence-corrected chi connectivity index (χ4v) is 2.27. The van der Waals surface area contributed by atoms with Crippen LogP contribution in [0.5, 0.6) is 0 Å². The van der Waals surface area contributed by atoms with E-state index in [1.54, 1.807) is 0 Å². The molecule has 0 saturated heterocycles. The summed E-state index contributed by atoms with van der Waals surface area (Å²) >= 11 is 0. The first kappa shape index (κ1) is 16.7. The van der Waals surface area contributed by atoms with Gasteiger partial charge in [-0.1, -0.05) is 65.0 Å². The first-order valence-electron chi connectivity index (χ1n) is 7.50. The summed E-state index contributed by atoms with van der Waals surface area (Å²) in [6.45, 7) is 11.2. The van der Waals surface area contributed by atoms with Crippen molar-refractivity contribution in [3.63, 3.8) is 0 Å². The average molecular weight is 276 g/mol. The summed E-state index contributed by atoms with van der Waals surface area (Å²) in [6, 6.07) is 10.1. The molecule has 0 saturated carbocycles. The highest BCUT2D eigenvalue weighted by molar-refractivity contribution is 5.72. The summed E-state index contributed by atoms with van der Waals surface area (Å²) in [5, 5.41) is 0. The van der Waals surface area contributed by atoms with E-state index in [1.165, 1.54) is 5.56 Å². The molecule has 1 aromatic carbocycles. The number of benzene rings is 1. The molecule has 1 rings (SSSR count). The van der Waals surface area contributed by atoms with E-state index in [0.717, 1.165) is 12.8 Å². The third-order valence-electron chi connectivity index (χ3n) is 3.42. The fourth-order valence-electron chi connectivity index (χ4n) is 2.27. The Hall–Kier alpha value is -1.31. The zero-order valence-corrected chi connectivity index (χ0v) is 13.5. The van der Waals surface area contributed by atoms with Gasteiger partial charge in [0.2, 0.25) is 0 Å². The van der Waals surface area contributed by atoms with Crippen LogP contribution >= 0.6 is 0 Å². The van der Waals surface area contributed by atoms with Crippen LogP contribution in [-0.4, -0.2) is 12.6 Å². The van der Waals surface area contributed by atoms with E-state index in [-0.39, 0.29) is 17.3 Å². The van der Waals surface area contributed by atoms with E-state index in [1.807, 2.05) is 18.2 Å². The lowest BCUT2D eigenvalue weighted by molar-refractivity contribution is -0.151. The summed E-state index contributed by atoms with van der Waals surface area (Å²) in [6.07, 6.45) is 1.65. The van der Waals surface area contributed by atoms with E-state index in [0.29, 0.717) is 12.5 Å². The monoisotopic (exact) mass is 276 g/mol. The Morgan fingerprint density at radius 1 is 1.15 bits per heavy atom. The number of ether oxygens (including phenoxy) is 1. The van der Waals surface area contributed by atoms with Crippen molar-refractivity contribution in [3.8, 4) is 0 Å². The second-order valence-corrected chi connectivity index (χ2v) is 7.02. The topological polar surface area (TPSA) is 26.3 Å². The zero-order chi connectivity index (χ0) is 15.2. The number of carbonyl (C=O) groups is 1. The molecule has 0 spiro atoms. The minimum Gasteiger partial charge on any atom is -0.465 e. The van der Waals surface area contributed by atoms with Crippen molar-refractivity contribution < 1.29 is 9.53 Å². The Labute approximate surface area is 123 Å². The third-order valence-corrected chi connectivity index (χ3v) is 3.42. The molecule has 0 heterocycles. The van der Waals surface area contributed by atoms with Crippen molar-refractivity contribution >= 4 is 5.97 Å². The molecule has 20 heavy (non-hydrogen) atoms. The molecule has 0 fully saturated rings.